The fourth-order valence-electron chi connectivity index (χ4n) is 11.0. The van der Waals surface area contributed by atoms with Crippen LogP contribution in [0.25, 0.3) is 10.9 Å². The van der Waals surface area contributed by atoms with E-state index in [-0.39, 0.29) is 35.1 Å². The summed E-state index contributed by atoms with van der Waals surface area (Å²) in [6.07, 6.45) is -1.54. The number of unbranched alkanes of at least 4 members (excludes halogenated alkanes) is 4. The summed E-state index contributed by atoms with van der Waals surface area (Å²) in [5, 5.41) is 59.3. The highest BCUT2D eigenvalue weighted by Gasteiger charge is 2.45. The summed E-state index contributed by atoms with van der Waals surface area (Å²) < 4.78 is 21.1. The van der Waals surface area contributed by atoms with E-state index in [4.69, 9.17) is 15.6 Å². The molecule has 4 heterocycles. The van der Waals surface area contributed by atoms with Gasteiger partial charge in [0.15, 0.2) is 11.6 Å². The van der Waals surface area contributed by atoms with E-state index in [2.05, 4.69) is 42.2 Å². The minimum atomic E-state index is -2.43. The van der Waals surface area contributed by atoms with E-state index in [1.54, 1.807) is 32.9 Å². The molecule has 14 N–H and O–H groups in total. The van der Waals surface area contributed by atoms with Crippen LogP contribution in [0.1, 0.15) is 116 Å². The predicted molar refractivity (Wildman–Crippen MR) is 321 cm³/mol. The van der Waals surface area contributed by atoms with Crippen molar-refractivity contribution in [3.8, 4) is 5.75 Å². The maximum atomic E-state index is 15.3. The van der Waals surface area contributed by atoms with Gasteiger partial charge in [-0.25, -0.2) is 4.79 Å². The highest BCUT2D eigenvalue weighted by molar-refractivity contribution is 7.98. The molecule has 3 aliphatic rings. The Morgan fingerprint density at radius 1 is 0.875 bits per heavy atom. The third-order valence-electron chi connectivity index (χ3n) is 16.3. The molecule has 5 rings (SSSR count). The van der Waals surface area contributed by atoms with Crippen LogP contribution >= 0.6 is 11.8 Å². The first-order chi connectivity index (χ1) is 41.8. The lowest BCUT2D eigenvalue weighted by molar-refractivity contribution is -0.144. The average molecular weight is 1280 g/mol. The fourth-order valence-corrected chi connectivity index (χ4v) is 13.2. The molecule has 1 aromatic carbocycles. The Balaban J connectivity index is 1.54. The van der Waals surface area contributed by atoms with Gasteiger partial charge in [0.2, 0.25) is 41.4 Å². The number of aromatic amines is 1. The molecule has 0 spiro atoms. The van der Waals surface area contributed by atoms with Crippen molar-refractivity contribution in [3.05, 3.63) is 23.3 Å². The molecule has 28 nitrogen and oxygen atoms in total. The monoisotopic (exact) mass is 1270 g/mol. The number of aromatic nitrogens is 1. The van der Waals surface area contributed by atoms with Crippen LogP contribution < -0.4 is 47.7 Å². The number of hydrogen-bond donors (Lipinski definition) is 13. The summed E-state index contributed by atoms with van der Waals surface area (Å²) in [6.45, 7) is 4.29. The van der Waals surface area contributed by atoms with Crippen LogP contribution in [0.3, 0.4) is 0 Å². The quantitative estimate of drug-likeness (QED) is 0.0568. The first kappa shape index (κ1) is 71.7. The number of benzene rings is 1. The van der Waals surface area contributed by atoms with Crippen LogP contribution in [0.2, 0.25) is 0 Å². The van der Waals surface area contributed by atoms with Crippen molar-refractivity contribution in [1.82, 2.24) is 47.1 Å². The molecule has 2 aromatic rings. The van der Waals surface area contributed by atoms with Crippen LogP contribution in [0.5, 0.6) is 5.75 Å². The number of carboxylic acids is 1. The van der Waals surface area contributed by atoms with Gasteiger partial charge in [-0.3, -0.25) is 56.9 Å². The number of rotatable bonds is 24. The smallest absolute Gasteiger partial charge is 0.314 e. The number of H-pyrrole nitrogens is 1. The maximum Gasteiger partial charge on any atom is 0.314 e. The maximum absolute atomic E-state index is 15.3. The molecule has 9 amide bonds. The number of hydrogen-bond acceptors (Lipinski definition) is 18. The number of carbonyl (C=O) groups excluding carboxylic acids is 11. The van der Waals surface area contributed by atoms with E-state index < -0.39 is 206 Å². The van der Waals surface area contributed by atoms with Crippen LogP contribution in [0.4, 0.5) is 4.79 Å². The number of carbonyl (C=O) groups is 12. The Hall–Kier alpha value is -7.02. The minimum absolute atomic E-state index is 0.0750. The van der Waals surface area contributed by atoms with Gasteiger partial charge in [-0.05, 0) is 42.9 Å². The zero-order chi connectivity index (χ0) is 64.9. The number of fused-ring (bicyclic) bond motifs is 5. The van der Waals surface area contributed by atoms with Gasteiger partial charge in [0, 0.05) is 91.4 Å². The molecule has 1 fully saturated rings. The zero-order valence-electron chi connectivity index (χ0n) is 50.4. The summed E-state index contributed by atoms with van der Waals surface area (Å²) in [6, 6.07) is -4.15. The molecular formula is C58H86N10O18S2. The molecule has 12 atom stereocenters. The van der Waals surface area contributed by atoms with Crippen molar-refractivity contribution < 1.29 is 86.9 Å². The summed E-state index contributed by atoms with van der Waals surface area (Å²) in [5.41, 5.74) is 6.60. The number of nitrogens with two attached hydrogens (primary N) is 1. The number of nitrogens with zero attached hydrogens (tertiary/aromatic N) is 1. The first-order valence-electron chi connectivity index (χ1n) is 29.8. The predicted octanol–water partition coefficient (Wildman–Crippen LogP) is -0.883. The van der Waals surface area contributed by atoms with Crippen molar-refractivity contribution in [2.24, 2.45) is 35.3 Å². The van der Waals surface area contributed by atoms with Gasteiger partial charge in [-0.2, -0.15) is 11.8 Å². The Morgan fingerprint density at radius 2 is 1.57 bits per heavy atom. The van der Waals surface area contributed by atoms with Crippen LogP contribution in [0.15, 0.2) is 17.2 Å². The third-order valence-corrected chi connectivity index (χ3v) is 18.8. The number of aliphatic hydroxyl groups excluding tert-OH is 3. The lowest BCUT2D eigenvalue weighted by Crippen LogP contribution is -2.60. The van der Waals surface area contributed by atoms with E-state index in [1.807, 2.05) is 0 Å². The summed E-state index contributed by atoms with van der Waals surface area (Å²) in [5.74, 6) is -14.1. The number of methoxy groups -OCH3 is 1. The largest absolute Gasteiger partial charge is 0.496 e. The standard InChI is InChI=1S/C58H86N10O18S2/c1-6-30(2)37-21-34(70)24-62-52(79)33-19-38-36-13-14-46(86-5)39(28-87-17-16-61-58(84)60-15-11-9-7-8-10-12-43(72)31(3)18-49(77)78)51(36)67-56(38)88(85)29-41(64-48(76)25-63-53(37)80)54(81)65-40(23-47(59)75)57(83)68-26-35(71)22-42(68)55(82)66-50(44(73)20-33)32(4)45(74)27-69/h13-14,30-33,35,37,40-42,45,50,67,69,71,74H,6-12,15-29H2,1-5H3,(H2,59,75)(H,62,79)(H,63,80)(H,64,76)(H,65,81)(H,66,82)(H,77,78)(H2,60,61,84)/t30-,31?,32-,33+,35+,37-,40-,41-,42-,45-,50-,88?/m0/s1. The number of thioether (sulfide) groups is 1. The number of nitrogens with one attached hydrogen (secondary N) is 8. The Kier molecular flexibility index (Phi) is 28.3. The van der Waals surface area contributed by atoms with Crippen molar-refractivity contribution in [3.63, 3.8) is 0 Å². The Bertz CT molecular complexity index is 2910. The number of primary amides is 1. The number of amides is 9. The van der Waals surface area contributed by atoms with E-state index >= 15 is 4.21 Å². The van der Waals surface area contributed by atoms with Gasteiger partial charge >= 0.3 is 12.0 Å². The molecule has 3 aliphatic heterocycles. The molecule has 0 saturated carbocycles. The lowest BCUT2D eigenvalue weighted by atomic mass is 9.85. The highest BCUT2D eigenvalue weighted by atomic mass is 32.2. The van der Waals surface area contributed by atoms with Crippen molar-refractivity contribution >= 4 is 104 Å². The number of carboxylic acid groups (broad SMARTS) is 1. The van der Waals surface area contributed by atoms with Crippen molar-refractivity contribution in [2.45, 2.75) is 158 Å². The summed E-state index contributed by atoms with van der Waals surface area (Å²) in [7, 11) is -1.01. The second-order valence-corrected chi connectivity index (χ2v) is 25.5. The van der Waals surface area contributed by atoms with E-state index in [0.29, 0.717) is 60.2 Å². The van der Waals surface area contributed by atoms with Gasteiger partial charge < -0.3 is 78.0 Å². The summed E-state index contributed by atoms with van der Waals surface area (Å²) >= 11 is 1.38. The number of ketones is 3. The van der Waals surface area contributed by atoms with Gasteiger partial charge in [0.1, 0.15) is 34.7 Å². The van der Waals surface area contributed by atoms with Gasteiger partial charge in [-0.1, -0.05) is 53.4 Å². The van der Waals surface area contributed by atoms with Gasteiger partial charge in [0.25, 0.3) is 0 Å². The minimum Gasteiger partial charge on any atom is -0.496 e. The molecule has 30 heteroatoms. The second kappa shape index (κ2) is 34.7. The molecule has 2 bridgehead atoms. The molecule has 488 valence electrons. The van der Waals surface area contributed by atoms with E-state index in [1.165, 1.54) is 25.8 Å². The van der Waals surface area contributed by atoms with Crippen LogP contribution in [0, 0.1) is 29.6 Å². The van der Waals surface area contributed by atoms with E-state index in [0.717, 1.165) is 24.2 Å². The fraction of sp³-hybridized carbons (Fsp3) is 0.655. The second-order valence-electron chi connectivity index (χ2n) is 22.9. The normalized spacial score (nSPS) is 24.3. The van der Waals surface area contributed by atoms with Crippen LogP contribution in [-0.4, -0.2) is 200 Å². The molecule has 1 aromatic heterocycles. The number of aliphatic carboxylic acids is 1. The summed E-state index contributed by atoms with van der Waals surface area (Å²) in [4.78, 5) is 167. The molecule has 1 saturated heterocycles. The average Bonchev–Trinajstić information content (AvgIpc) is 2.44. The van der Waals surface area contributed by atoms with E-state index in [9.17, 15) is 72.9 Å². The van der Waals surface area contributed by atoms with Gasteiger partial charge in [0.05, 0.1) is 80.0 Å². The van der Waals surface area contributed by atoms with Crippen LogP contribution in [-0.2, 0) is 75.7 Å². The molecule has 0 aliphatic carbocycles. The lowest BCUT2D eigenvalue weighted by Gasteiger charge is -2.32. The first-order valence-corrected chi connectivity index (χ1v) is 32.2. The Labute approximate surface area is 516 Å². The number of ether oxygens (including phenoxy) is 1. The molecule has 2 unspecified atom stereocenters. The van der Waals surface area contributed by atoms with Crippen molar-refractivity contribution in [2.75, 3.05) is 57.9 Å². The highest BCUT2D eigenvalue weighted by Crippen LogP contribution is 2.37. The Morgan fingerprint density at radius 3 is 2.25 bits per heavy atom. The molecular weight excluding hydrogens is 1190 g/mol. The SMILES string of the molecule is CC[C@H](C)[C@@H]1CC(=O)CNC(=O)[C@H]2CC(=O)[C@H]([C@@H](C)[C@@H](O)CO)NC(=O)[C@@H]3C[C@@H](O)CN3C(=O)[C@H](CC(N)=O)NC(=O)[C@H](CS(=O)c3[nH]c4c(CSCCNC(=O)NCCCCCCCC(=O)C(C)CC(=O)O)c(OC)ccc4c3C2)NC(=O)CNC1=O. The molecule has 0 radical (unpaired) electrons. The molecule has 88 heavy (non-hydrogen) atoms. The zero-order valence-corrected chi connectivity index (χ0v) is 52.0. The van der Waals surface area contributed by atoms with Gasteiger partial charge in [-0.15, -0.1) is 0 Å². The third kappa shape index (κ3) is 20.5. The number of aliphatic hydroxyl groups is 3. The van der Waals surface area contributed by atoms with Crippen molar-refractivity contribution in [1.29, 1.82) is 0 Å². The number of urea groups is 1. The number of Topliss-reactive ketones (excluding diaryl/α,β-unsaturated/α-hetero) is 3. The topological polar surface area (TPSA) is 441 Å².